The third kappa shape index (κ3) is 3.48. The molecule has 0 amide bonds. The summed E-state index contributed by atoms with van der Waals surface area (Å²) in [6.07, 6.45) is -2.51. The molecule has 0 bridgehead atoms. The average molecular weight is 408 g/mol. The molecule has 0 aliphatic carbocycles. The first kappa shape index (κ1) is 19.8. The Bertz CT molecular complexity index is 1000. The number of phenols is 1. The van der Waals surface area contributed by atoms with Crippen LogP contribution in [0.5, 0.6) is 5.75 Å². The molecule has 0 spiro atoms. The maximum absolute atomic E-state index is 14.2. The number of benzene rings is 1. The fourth-order valence-corrected chi connectivity index (χ4v) is 3.53. The first-order chi connectivity index (χ1) is 13.9. The van der Waals surface area contributed by atoms with E-state index in [1.165, 1.54) is 12.1 Å². The highest BCUT2D eigenvalue weighted by Gasteiger charge is 2.52. The quantitative estimate of drug-likeness (QED) is 0.795. The van der Waals surface area contributed by atoms with E-state index in [2.05, 4.69) is 0 Å². The lowest BCUT2D eigenvalue weighted by Gasteiger charge is -2.21. The third-order valence-electron chi connectivity index (χ3n) is 5.00. The molecule has 2 aliphatic heterocycles. The second-order valence-electron chi connectivity index (χ2n) is 6.88. The molecular weight excluding hydrogens is 387 g/mol. The molecule has 1 aromatic heterocycles. The van der Waals surface area contributed by atoms with Crippen molar-refractivity contribution in [2.24, 2.45) is 0 Å². The molecule has 3 heterocycles. The van der Waals surface area contributed by atoms with E-state index in [4.69, 9.17) is 18.9 Å². The minimum absolute atomic E-state index is 0.111. The van der Waals surface area contributed by atoms with Crippen molar-refractivity contribution >= 4 is 0 Å². The van der Waals surface area contributed by atoms with Gasteiger partial charge in [0.1, 0.15) is 24.7 Å². The molecule has 29 heavy (non-hydrogen) atoms. The Hall–Kier alpha value is -2.53. The fraction of sp³-hybridized carbons (Fsp3) is 0.474. The number of hydrogen-bond donors (Lipinski definition) is 1. The Morgan fingerprint density at radius 2 is 1.83 bits per heavy atom. The summed E-state index contributed by atoms with van der Waals surface area (Å²) in [7, 11) is 0. The zero-order valence-electron chi connectivity index (χ0n) is 15.9. The van der Waals surface area contributed by atoms with Gasteiger partial charge < -0.3 is 24.1 Å². The lowest BCUT2D eigenvalue weighted by atomic mass is 10.1. The molecule has 10 heteroatoms. The zero-order valence-corrected chi connectivity index (χ0v) is 15.9. The maximum atomic E-state index is 14.2. The van der Waals surface area contributed by atoms with Gasteiger partial charge in [-0.05, 0) is 26.0 Å². The fourth-order valence-electron chi connectivity index (χ4n) is 3.53. The molecular formula is C19H21FN2O7. The van der Waals surface area contributed by atoms with E-state index in [9.17, 15) is 19.1 Å². The number of aromatic hydroxyl groups is 1. The third-order valence-corrected chi connectivity index (χ3v) is 5.00. The number of halogens is 1. The lowest BCUT2D eigenvalue weighted by Crippen LogP contribution is -2.44. The van der Waals surface area contributed by atoms with Crippen molar-refractivity contribution in [2.75, 3.05) is 6.61 Å². The Labute approximate surface area is 164 Å². The molecule has 2 aliphatic rings. The number of rotatable bonds is 5. The molecule has 2 aromatic rings. The first-order valence-electron chi connectivity index (χ1n) is 9.25. The summed E-state index contributed by atoms with van der Waals surface area (Å²) in [4.78, 5) is 24.8. The van der Waals surface area contributed by atoms with Gasteiger partial charge in [-0.15, -0.1) is 0 Å². The number of hydrogen-bond acceptors (Lipinski definition) is 7. The van der Waals surface area contributed by atoms with Crippen molar-refractivity contribution < 1.29 is 28.4 Å². The monoisotopic (exact) mass is 408 g/mol. The van der Waals surface area contributed by atoms with E-state index < -0.39 is 47.9 Å². The molecule has 1 unspecified atom stereocenters. The van der Waals surface area contributed by atoms with E-state index in [-0.39, 0.29) is 19.1 Å². The number of phenolic OH excluding ortho intramolecular Hbond substituents is 1. The molecule has 1 aromatic carbocycles. The van der Waals surface area contributed by atoms with Gasteiger partial charge in [-0.3, -0.25) is 9.36 Å². The van der Waals surface area contributed by atoms with E-state index in [0.29, 0.717) is 10.1 Å². The van der Waals surface area contributed by atoms with Crippen molar-refractivity contribution in [3.8, 4) is 5.75 Å². The molecule has 0 radical (unpaired) electrons. The molecule has 156 valence electrons. The SMILES string of the molecule is CCOCn1c(=O)c(F)cn([C@@H]2O[C@H](C)[C@H]3OC(c4ccc(O)cc4)O[C@H]32)c1=O. The standard InChI is InChI=1S/C19H21FN2O7/c1-3-26-9-22-16(24)13(20)8-21(19(22)25)17-15-14(10(2)27-17)28-18(29-15)11-4-6-12(23)7-5-11/h4-8,10,14-15,17-18,23H,3,9H2,1-2H3/t10-,14-,15-,17-,18?/m1/s1. The normalized spacial score (nSPS) is 28.6. The van der Waals surface area contributed by atoms with Gasteiger partial charge in [-0.1, -0.05) is 12.1 Å². The van der Waals surface area contributed by atoms with Crippen LogP contribution in [0.25, 0.3) is 0 Å². The summed E-state index contributed by atoms with van der Waals surface area (Å²) in [6.45, 7) is 3.35. The second kappa shape index (κ2) is 7.71. The minimum Gasteiger partial charge on any atom is -0.508 e. The van der Waals surface area contributed by atoms with Gasteiger partial charge in [0.05, 0.1) is 12.3 Å². The molecule has 2 saturated heterocycles. The first-order valence-corrected chi connectivity index (χ1v) is 9.25. The van der Waals surface area contributed by atoms with E-state index in [0.717, 1.165) is 10.8 Å². The van der Waals surface area contributed by atoms with E-state index >= 15 is 0 Å². The van der Waals surface area contributed by atoms with Crippen LogP contribution in [0.4, 0.5) is 4.39 Å². The van der Waals surface area contributed by atoms with Crippen LogP contribution in [-0.4, -0.2) is 39.2 Å². The Balaban J connectivity index is 1.66. The molecule has 5 atom stereocenters. The van der Waals surface area contributed by atoms with Gasteiger partial charge >= 0.3 is 5.69 Å². The molecule has 9 nitrogen and oxygen atoms in total. The molecule has 0 saturated carbocycles. The van der Waals surface area contributed by atoms with Crippen LogP contribution in [0.2, 0.25) is 0 Å². The van der Waals surface area contributed by atoms with Gasteiger partial charge in [0.25, 0.3) is 5.56 Å². The van der Waals surface area contributed by atoms with Crippen LogP contribution in [0.1, 0.15) is 31.9 Å². The predicted molar refractivity (Wildman–Crippen MR) is 96.7 cm³/mol. The van der Waals surface area contributed by atoms with E-state index in [1.54, 1.807) is 26.0 Å². The van der Waals surface area contributed by atoms with Gasteiger partial charge in [0.2, 0.25) is 5.82 Å². The number of aromatic nitrogens is 2. The summed E-state index contributed by atoms with van der Waals surface area (Å²) in [5, 5.41) is 9.45. The maximum Gasteiger partial charge on any atom is 0.335 e. The van der Waals surface area contributed by atoms with Crippen molar-refractivity contribution in [1.29, 1.82) is 0 Å². The van der Waals surface area contributed by atoms with Gasteiger partial charge in [0.15, 0.2) is 12.5 Å². The average Bonchev–Trinajstić information content (AvgIpc) is 3.26. The molecule has 2 fully saturated rings. The summed E-state index contributed by atoms with van der Waals surface area (Å²) in [5.41, 5.74) is -1.14. The Morgan fingerprint density at radius 3 is 2.52 bits per heavy atom. The van der Waals surface area contributed by atoms with Crippen LogP contribution in [0, 0.1) is 5.82 Å². The largest absolute Gasteiger partial charge is 0.508 e. The second-order valence-corrected chi connectivity index (χ2v) is 6.88. The zero-order chi connectivity index (χ0) is 20.7. The Kier molecular flexibility index (Phi) is 5.26. The predicted octanol–water partition coefficient (Wildman–Crippen LogP) is 1.25. The smallest absolute Gasteiger partial charge is 0.335 e. The van der Waals surface area contributed by atoms with Crippen LogP contribution >= 0.6 is 0 Å². The minimum atomic E-state index is -1.10. The topological polar surface area (TPSA) is 101 Å². The van der Waals surface area contributed by atoms with Gasteiger partial charge in [-0.2, -0.15) is 4.39 Å². The highest BCUT2D eigenvalue weighted by atomic mass is 19.1. The summed E-state index contributed by atoms with van der Waals surface area (Å²) in [6, 6.07) is 6.35. The van der Waals surface area contributed by atoms with Crippen molar-refractivity contribution in [1.82, 2.24) is 9.13 Å². The Morgan fingerprint density at radius 1 is 1.14 bits per heavy atom. The summed E-state index contributed by atoms with van der Waals surface area (Å²) in [5.74, 6) is -0.988. The molecule has 1 N–H and O–H groups in total. The number of ether oxygens (including phenoxy) is 4. The van der Waals surface area contributed by atoms with Crippen LogP contribution in [-0.2, 0) is 25.7 Å². The van der Waals surface area contributed by atoms with Crippen LogP contribution in [0.3, 0.4) is 0 Å². The van der Waals surface area contributed by atoms with E-state index in [1.807, 2.05) is 0 Å². The van der Waals surface area contributed by atoms with Crippen molar-refractivity contribution in [2.45, 2.75) is 51.4 Å². The van der Waals surface area contributed by atoms with Crippen LogP contribution in [0.15, 0.2) is 40.1 Å². The summed E-state index contributed by atoms with van der Waals surface area (Å²) >= 11 is 0. The highest BCUT2D eigenvalue weighted by molar-refractivity contribution is 5.27. The van der Waals surface area contributed by atoms with Crippen molar-refractivity contribution in [3.63, 3.8) is 0 Å². The molecule has 4 rings (SSSR count). The van der Waals surface area contributed by atoms with Crippen molar-refractivity contribution in [3.05, 3.63) is 62.7 Å². The highest BCUT2D eigenvalue weighted by Crippen LogP contribution is 2.43. The number of fused-ring (bicyclic) bond motifs is 1. The number of nitrogens with zero attached hydrogens (tertiary/aromatic N) is 2. The van der Waals surface area contributed by atoms with Gasteiger partial charge in [0, 0.05) is 12.2 Å². The van der Waals surface area contributed by atoms with Crippen LogP contribution < -0.4 is 11.2 Å². The van der Waals surface area contributed by atoms with Gasteiger partial charge in [-0.25, -0.2) is 9.36 Å². The summed E-state index contributed by atoms with van der Waals surface area (Å²) < 4.78 is 38.7. The lowest BCUT2D eigenvalue weighted by molar-refractivity contribution is -0.146.